The van der Waals surface area contributed by atoms with Gasteiger partial charge in [-0.25, -0.2) is 4.39 Å². The van der Waals surface area contributed by atoms with Crippen LogP contribution in [-0.2, 0) is 4.79 Å². The second-order valence-corrected chi connectivity index (χ2v) is 2.47. The van der Waals surface area contributed by atoms with E-state index in [4.69, 9.17) is 5.11 Å². The first-order chi connectivity index (χ1) is 6.59. The van der Waals surface area contributed by atoms with E-state index in [2.05, 4.69) is 10.3 Å². The monoisotopic (exact) mass is 198 g/mol. The molecule has 0 saturated heterocycles. The molecular formula is C8H7FN2O3. The van der Waals surface area contributed by atoms with Crippen LogP contribution in [0.4, 0.5) is 4.39 Å². The van der Waals surface area contributed by atoms with E-state index < -0.39 is 24.2 Å². The smallest absolute Gasteiger partial charge is 0.322 e. The molecule has 1 aromatic rings. The predicted molar refractivity (Wildman–Crippen MR) is 44.2 cm³/mol. The number of nitrogens with one attached hydrogen (secondary N) is 1. The van der Waals surface area contributed by atoms with Crippen molar-refractivity contribution in [1.82, 2.24) is 10.3 Å². The summed E-state index contributed by atoms with van der Waals surface area (Å²) in [7, 11) is 0. The highest BCUT2D eigenvalue weighted by Gasteiger charge is 2.07. The normalized spacial score (nSPS) is 9.50. The van der Waals surface area contributed by atoms with Crippen LogP contribution in [0.2, 0.25) is 0 Å². The minimum atomic E-state index is -1.16. The van der Waals surface area contributed by atoms with Crippen LogP contribution in [0, 0.1) is 5.82 Å². The summed E-state index contributed by atoms with van der Waals surface area (Å²) in [6.45, 7) is -0.505. The van der Waals surface area contributed by atoms with E-state index in [-0.39, 0.29) is 5.56 Å². The Morgan fingerprint density at radius 3 is 2.79 bits per heavy atom. The summed E-state index contributed by atoms with van der Waals surface area (Å²) < 4.78 is 12.6. The molecule has 14 heavy (non-hydrogen) atoms. The second kappa shape index (κ2) is 4.31. The number of hydrogen-bond acceptors (Lipinski definition) is 3. The van der Waals surface area contributed by atoms with Crippen molar-refractivity contribution in [2.75, 3.05) is 6.54 Å². The lowest BCUT2D eigenvalue weighted by molar-refractivity contribution is -0.135. The van der Waals surface area contributed by atoms with Crippen molar-refractivity contribution in [3.63, 3.8) is 0 Å². The molecular weight excluding hydrogens is 191 g/mol. The average molecular weight is 198 g/mol. The number of nitrogens with zero attached hydrogens (tertiary/aromatic N) is 1. The molecule has 0 unspecified atom stereocenters. The Kier molecular flexibility index (Phi) is 3.11. The first-order valence-electron chi connectivity index (χ1n) is 3.70. The van der Waals surface area contributed by atoms with Gasteiger partial charge in [-0.3, -0.25) is 14.6 Å². The lowest BCUT2D eigenvalue weighted by Crippen LogP contribution is -2.29. The third-order valence-corrected chi connectivity index (χ3v) is 1.37. The molecule has 74 valence electrons. The fourth-order valence-electron chi connectivity index (χ4n) is 0.794. The Morgan fingerprint density at radius 1 is 1.50 bits per heavy atom. The fourth-order valence-corrected chi connectivity index (χ4v) is 0.794. The number of carboxylic acid groups (broad SMARTS) is 1. The largest absolute Gasteiger partial charge is 0.480 e. The highest BCUT2D eigenvalue weighted by Crippen LogP contribution is 1.99. The first-order valence-corrected chi connectivity index (χ1v) is 3.70. The molecule has 5 nitrogen and oxygen atoms in total. The van der Waals surface area contributed by atoms with Gasteiger partial charge in [0.2, 0.25) is 0 Å². The van der Waals surface area contributed by atoms with Gasteiger partial charge in [0.05, 0.1) is 11.8 Å². The zero-order valence-electron chi connectivity index (χ0n) is 7.03. The molecule has 0 fully saturated rings. The van der Waals surface area contributed by atoms with Gasteiger partial charge >= 0.3 is 5.97 Å². The van der Waals surface area contributed by atoms with Crippen LogP contribution < -0.4 is 5.32 Å². The Bertz CT molecular complexity index is 367. The van der Waals surface area contributed by atoms with Crippen molar-refractivity contribution in [1.29, 1.82) is 0 Å². The van der Waals surface area contributed by atoms with Crippen LogP contribution in [0.15, 0.2) is 18.5 Å². The number of carboxylic acids is 1. The van der Waals surface area contributed by atoms with Gasteiger partial charge in [0.15, 0.2) is 0 Å². The molecule has 1 aromatic heterocycles. The first kappa shape index (κ1) is 10.1. The third-order valence-electron chi connectivity index (χ3n) is 1.37. The predicted octanol–water partition coefficient (Wildman–Crippen LogP) is 0.0351. The number of carbonyl (C=O) groups is 2. The lowest BCUT2D eigenvalue weighted by atomic mass is 10.2. The van der Waals surface area contributed by atoms with Crippen molar-refractivity contribution in [2.45, 2.75) is 0 Å². The number of carbonyl (C=O) groups excluding carboxylic acids is 1. The average Bonchev–Trinajstić information content (AvgIpc) is 2.14. The number of halogens is 1. The second-order valence-electron chi connectivity index (χ2n) is 2.47. The summed E-state index contributed by atoms with van der Waals surface area (Å²) in [6.07, 6.45) is 2.11. The van der Waals surface area contributed by atoms with Crippen molar-refractivity contribution >= 4 is 11.9 Å². The summed E-state index contributed by atoms with van der Waals surface area (Å²) in [5, 5.41) is 10.3. The van der Waals surface area contributed by atoms with Gasteiger partial charge < -0.3 is 10.4 Å². The van der Waals surface area contributed by atoms with Crippen molar-refractivity contribution in [2.24, 2.45) is 0 Å². The van der Waals surface area contributed by atoms with E-state index in [0.29, 0.717) is 0 Å². The molecule has 2 N–H and O–H groups in total. The van der Waals surface area contributed by atoms with Gasteiger partial charge in [0, 0.05) is 6.20 Å². The maximum Gasteiger partial charge on any atom is 0.322 e. The van der Waals surface area contributed by atoms with Crippen LogP contribution in [0.3, 0.4) is 0 Å². The highest BCUT2D eigenvalue weighted by molar-refractivity contribution is 5.95. The highest BCUT2D eigenvalue weighted by atomic mass is 19.1. The topological polar surface area (TPSA) is 79.3 Å². The van der Waals surface area contributed by atoms with E-state index >= 15 is 0 Å². The van der Waals surface area contributed by atoms with Crippen molar-refractivity contribution in [3.8, 4) is 0 Å². The van der Waals surface area contributed by atoms with E-state index in [1.54, 1.807) is 0 Å². The summed E-state index contributed by atoms with van der Waals surface area (Å²) in [5.41, 5.74) is -0.00810. The molecule has 0 bridgehead atoms. The maximum atomic E-state index is 12.6. The molecule has 0 spiro atoms. The van der Waals surface area contributed by atoms with E-state index in [9.17, 15) is 14.0 Å². The molecule has 1 rings (SSSR count). The van der Waals surface area contributed by atoms with Crippen LogP contribution in [0.25, 0.3) is 0 Å². The zero-order valence-corrected chi connectivity index (χ0v) is 7.03. The van der Waals surface area contributed by atoms with Crippen LogP contribution in [0.5, 0.6) is 0 Å². The quantitative estimate of drug-likeness (QED) is 0.718. The van der Waals surface area contributed by atoms with Gasteiger partial charge in [-0.2, -0.15) is 0 Å². The van der Waals surface area contributed by atoms with E-state index in [1.807, 2.05) is 0 Å². The molecule has 0 aliphatic heterocycles. The minimum absolute atomic E-state index is 0.00810. The SMILES string of the molecule is O=C(O)CNC(=O)c1cncc(F)c1. The molecule has 6 heteroatoms. The standard InChI is InChI=1S/C8H7FN2O3/c9-6-1-5(2-10-3-6)8(14)11-4-7(12)13/h1-3H,4H2,(H,11,14)(H,12,13). The number of aliphatic carboxylic acids is 1. The Morgan fingerprint density at radius 2 is 2.21 bits per heavy atom. The van der Waals surface area contributed by atoms with Gasteiger partial charge in [-0.05, 0) is 6.07 Å². The molecule has 0 aliphatic rings. The Balaban J connectivity index is 2.65. The molecule has 0 radical (unpaired) electrons. The third kappa shape index (κ3) is 2.81. The molecule has 1 heterocycles. The number of rotatable bonds is 3. The molecule has 0 saturated carbocycles. The Hall–Kier alpha value is -1.98. The number of aromatic nitrogens is 1. The van der Waals surface area contributed by atoms with Gasteiger partial charge in [0.25, 0.3) is 5.91 Å². The number of hydrogen-bond donors (Lipinski definition) is 2. The van der Waals surface area contributed by atoms with E-state index in [0.717, 1.165) is 18.5 Å². The molecule has 0 atom stereocenters. The summed E-state index contributed by atoms with van der Waals surface area (Å²) in [6, 6.07) is 0.976. The van der Waals surface area contributed by atoms with Crippen LogP contribution in [0.1, 0.15) is 10.4 Å². The minimum Gasteiger partial charge on any atom is -0.480 e. The zero-order chi connectivity index (χ0) is 10.6. The van der Waals surface area contributed by atoms with Crippen LogP contribution in [-0.4, -0.2) is 28.5 Å². The summed E-state index contributed by atoms with van der Waals surface area (Å²) >= 11 is 0. The van der Waals surface area contributed by atoms with Crippen molar-refractivity contribution in [3.05, 3.63) is 29.8 Å². The summed E-state index contributed by atoms with van der Waals surface area (Å²) in [5.74, 6) is -2.48. The maximum absolute atomic E-state index is 12.6. The van der Waals surface area contributed by atoms with E-state index in [1.165, 1.54) is 0 Å². The van der Waals surface area contributed by atoms with Crippen molar-refractivity contribution < 1.29 is 19.1 Å². The molecule has 0 aromatic carbocycles. The fraction of sp³-hybridized carbons (Fsp3) is 0.125. The van der Waals surface area contributed by atoms with Gasteiger partial charge in [-0.15, -0.1) is 0 Å². The number of amides is 1. The Labute approximate surface area is 78.6 Å². The summed E-state index contributed by atoms with van der Waals surface area (Å²) in [4.78, 5) is 24.7. The van der Waals surface area contributed by atoms with Gasteiger partial charge in [0.1, 0.15) is 12.4 Å². The van der Waals surface area contributed by atoms with Crippen LogP contribution >= 0.6 is 0 Å². The lowest BCUT2D eigenvalue weighted by Gasteiger charge is -2.00. The molecule has 1 amide bonds. The number of pyridine rings is 1. The van der Waals surface area contributed by atoms with Gasteiger partial charge in [-0.1, -0.05) is 0 Å². The molecule has 0 aliphatic carbocycles.